The van der Waals surface area contributed by atoms with Gasteiger partial charge in [0.15, 0.2) is 0 Å². The Morgan fingerprint density at radius 3 is 2.23 bits per heavy atom. The summed E-state index contributed by atoms with van der Waals surface area (Å²) in [5.74, 6) is -2.31. The van der Waals surface area contributed by atoms with Crippen molar-refractivity contribution >= 4 is 56.6 Å². The van der Waals surface area contributed by atoms with Gasteiger partial charge in [0.25, 0.3) is 10.0 Å². The van der Waals surface area contributed by atoms with Crippen LogP contribution in [-0.4, -0.2) is 91.1 Å². The Hall–Kier alpha value is -6.43. The molecule has 6 rings (SSSR count). The van der Waals surface area contributed by atoms with Gasteiger partial charge in [-0.15, -0.1) is 0 Å². The second-order valence-corrected chi connectivity index (χ2v) is 19.6. The number of nitrogens with two attached hydrogens (primary N) is 1. The molecule has 3 heterocycles. The number of aliphatic imine (C=N–C) groups is 1. The highest BCUT2D eigenvalue weighted by molar-refractivity contribution is 7.90. The fourth-order valence-corrected chi connectivity index (χ4v) is 9.60. The molecule has 0 spiro atoms. The summed E-state index contributed by atoms with van der Waals surface area (Å²) in [7, 11) is -4.18. The Balaban J connectivity index is 1.23. The van der Waals surface area contributed by atoms with Crippen LogP contribution in [0.5, 0.6) is 5.75 Å². The number of aromatic nitrogens is 1. The van der Waals surface area contributed by atoms with E-state index in [0.717, 1.165) is 16.7 Å². The predicted octanol–water partition coefficient (Wildman–Crippen LogP) is 3.51. The zero-order valence-electron chi connectivity index (χ0n) is 37.5. The number of carbonyl (C=O) groups is 5. The molecular formula is C46H58N8O9S. The molecule has 2 aliphatic rings. The number of hydrogen-bond donors (Lipinski definition) is 6. The first kappa shape index (κ1) is 47.1. The van der Waals surface area contributed by atoms with Crippen molar-refractivity contribution in [2.24, 2.45) is 10.7 Å². The maximum atomic E-state index is 14.2. The van der Waals surface area contributed by atoms with Crippen molar-refractivity contribution in [3.05, 3.63) is 94.2 Å². The van der Waals surface area contributed by atoms with Crippen molar-refractivity contribution in [2.75, 3.05) is 13.1 Å². The highest BCUT2D eigenvalue weighted by Gasteiger charge is 2.37. The normalized spacial score (nSPS) is 19.6. The Labute approximate surface area is 373 Å². The number of nitrogens with one attached hydrogen (secondary N) is 5. The molecule has 0 radical (unpaired) electrons. The maximum absolute atomic E-state index is 14.2. The second kappa shape index (κ2) is 18.7. The van der Waals surface area contributed by atoms with E-state index < -0.39 is 75.6 Å². The molecule has 4 aromatic rings. The summed E-state index contributed by atoms with van der Waals surface area (Å²) in [5.41, 5.74) is 9.31. The Bertz CT molecular complexity index is 2620. The fourth-order valence-electron chi connectivity index (χ4n) is 8.08. The molecule has 0 saturated carbocycles. The number of rotatable bonds is 10. The van der Waals surface area contributed by atoms with Gasteiger partial charge in [-0.1, -0.05) is 48.5 Å². The van der Waals surface area contributed by atoms with Gasteiger partial charge in [-0.2, -0.15) is 0 Å². The van der Waals surface area contributed by atoms with Crippen LogP contribution in [0.25, 0.3) is 10.9 Å². The topological polar surface area (TPSA) is 241 Å². The molecule has 3 aromatic carbocycles. The molecule has 1 aromatic heterocycles. The SMILES string of the molecule is Cc1c(C)c(S(=O)(=O)NC(N)=NCCC[C@H]2NC(=O)[C@@H](Cc3ccccc3)NC(=O)CNC(=O)[C@@H](Cc3cn(C(=O)OC(C)(C)C)c4ccccc34)NC2=O)c(C)c2c1OC(C)(C)C2. The summed E-state index contributed by atoms with van der Waals surface area (Å²) in [6, 6.07) is 12.4. The molecule has 17 nitrogen and oxygen atoms in total. The first-order chi connectivity index (χ1) is 30.0. The van der Waals surface area contributed by atoms with Gasteiger partial charge in [0.1, 0.15) is 35.1 Å². The monoisotopic (exact) mass is 898 g/mol. The van der Waals surface area contributed by atoms with Gasteiger partial charge >= 0.3 is 6.09 Å². The zero-order chi connectivity index (χ0) is 46.7. The van der Waals surface area contributed by atoms with Crippen molar-refractivity contribution in [3.63, 3.8) is 0 Å². The van der Waals surface area contributed by atoms with E-state index in [1.807, 2.05) is 26.8 Å². The van der Waals surface area contributed by atoms with Gasteiger partial charge in [-0.3, -0.25) is 28.7 Å². The van der Waals surface area contributed by atoms with Crippen LogP contribution >= 0.6 is 0 Å². The van der Waals surface area contributed by atoms with E-state index >= 15 is 0 Å². The average Bonchev–Trinajstić information content (AvgIpc) is 3.75. The number of hydrogen-bond acceptors (Lipinski definition) is 10. The van der Waals surface area contributed by atoms with E-state index in [1.54, 1.807) is 89.3 Å². The highest BCUT2D eigenvalue weighted by atomic mass is 32.2. The lowest BCUT2D eigenvalue weighted by molar-refractivity contribution is -0.135. The summed E-state index contributed by atoms with van der Waals surface area (Å²) in [5, 5.41) is 11.5. The molecule has 7 N–H and O–H groups in total. The standard InChI is InChI=1S/C46H58N8O9S/c1-26-27(2)39(28(3)32-23-46(7,8)62-38(26)32)64(60,61)53-43(47)48-20-14-18-33-41(57)52-35(22-30-25-54(44(59)63-45(4,5)6)36-19-13-12-17-31(30)36)40(56)49-24-37(55)50-34(42(58)51-33)21-29-15-10-9-11-16-29/h9-13,15-17,19,25,33-35H,14,18,20-24H2,1-8H3,(H,49,56)(H,50,55)(H,51,58)(H,52,57)(H3,47,48,53)/t33-,34-,35-/m1/s1. The first-order valence-electron chi connectivity index (χ1n) is 21.2. The number of amides is 4. The van der Waals surface area contributed by atoms with E-state index in [4.69, 9.17) is 15.2 Å². The molecule has 0 aliphatic carbocycles. The Morgan fingerprint density at radius 1 is 0.891 bits per heavy atom. The van der Waals surface area contributed by atoms with Crippen molar-refractivity contribution in [1.29, 1.82) is 0 Å². The molecule has 3 atom stereocenters. The smallest absolute Gasteiger partial charge is 0.419 e. The van der Waals surface area contributed by atoms with Gasteiger partial charge < -0.3 is 36.5 Å². The van der Waals surface area contributed by atoms with Crippen LogP contribution in [0.2, 0.25) is 0 Å². The zero-order valence-corrected chi connectivity index (χ0v) is 38.3. The molecule has 342 valence electrons. The number of para-hydroxylation sites is 1. The lowest BCUT2D eigenvalue weighted by Gasteiger charge is -2.27. The van der Waals surface area contributed by atoms with Crippen molar-refractivity contribution in [2.45, 2.75) is 122 Å². The molecule has 0 unspecified atom stereocenters. The molecular weight excluding hydrogens is 841 g/mol. The van der Waals surface area contributed by atoms with Crippen molar-refractivity contribution in [1.82, 2.24) is 30.6 Å². The summed E-state index contributed by atoms with van der Waals surface area (Å²) in [6.45, 7) is 13.9. The molecule has 1 saturated heterocycles. The Morgan fingerprint density at radius 2 is 1.53 bits per heavy atom. The Kier molecular flexibility index (Phi) is 13.8. The minimum Gasteiger partial charge on any atom is -0.487 e. The second-order valence-electron chi connectivity index (χ2n) is 17.9. The van der Waals surface area contributed by atoms with Crippen LogP contribution in [0.3, 0.4) is 0 Å². The third-order valence-corrected chi connectivity index (χ3v) is 12.8. The van der Waals surface area contributed by atoms with Gasteiger partial charge in [-0.05, 0) is 102 Å². The fraction of sp³-hybridized carbons (Fsp3) is 0.435. The maximum Gasteiger partial charge on any atom is 0.419 e. The van der Waals surface area contributed by atoms with Crippen LogP contribution in [-0.2, 0) is 53.2 Å². The number of carbonyl (C=O) groups excluding carboxylic acids is 5. The third-order valence-electron chi connectivity index (χ3n) is 11.2. The number of nitrogens with zero attached hydrogens (tertiary/aromatic N) is 2. The minimum absolute atomic E-state index is 0.0165. The van der Waals surface area contributed by atoms with Crippen LogP contribution in [0, 0.1) is 20.8 Å². The molecule has 64 heavy (non-hydrogen) atoms. The number of fused-ring (bicyclic) bond motifs is 2. The summed E-state index contributed by atoms with van der Waals surface area (Å²) >= 11 is 0. The molecule has 18 heteroatoms. The number of ether oxygens (including phenoxy) is 2. The quantitative estimate of drug-likeness (QED) is 0.0769. The van der Waals surface area contributed by atoms with Crippen molar-refractivity contribution < 1.29 is 41.9 Å². The van der Waals surface area contributed by atoms with Crippen LogP contribution in [0.15, 0.2) is 70.7 Å². The van der Waals surface area contributed by atoms with E-state index in [1.165, 1.54) is 4.57 Å². The lowest BCUT2D eigenvalue weighted by Crippen LogP contribution is -2.60. The van der Waals surface area contributed by atoms with Crippen LogP contribution < -0.4 is 36.5 Å². The third kappa shape index (κ3) is 11.0. The highest BCUT2D eigenvalue weighted by Crippen LogP contribution is 2.43. The average molecular weight is 899 g/mol. The van der Waals surface area contributed by atoms with Gasteiger partial charge in [0.2, 0.25) is 29.6 Å². The van der Waals surface area contributed by atoms with E-state index in [2.05, 4.69) is 31.0 Å². The lowest BCUT2D eigenvalue weighted by atomic mass is 9.94. The van der Waals surface area contributed by atoms with E-state index in [-0.39, 0.29) is 43.1 Å². The number of benzene rings is 3. The molecule has 2 aliphatic heterocycles. The van der Waals surface area contributed by atoms with Gasteiger partial charge in [-0.25, -0.2) is 17.9 Å². The van der Waals surface area contributed by atoms with Crippen molar-refractivity contribution in [3.8, 4) is 5.75 Å². The summed E-state index contributed by atoms with van der Waals surface area (Å²) < 4.78 is 43.0. The van der Waals surface area contributed by atoms with E-state index in [9.17, 15) is 32.4 Å². The predicted molar refractivity (Wildman–Crippen MR) is 241 cm³/mol. The van der Waals surface area contributed by atoms with Crippen LogP contribution in [0.1, 0.15) is 80.8 Å². The molecule has 0 bridgehead atoms. The van der Waals surface area contributed by atoms with Gasteiger partial charge in [0, 0.05) is 43.0 Å². The summed E-state index contributed by atoms with van der Waals surface area (Å²) in [4.78, 5) is 72.8. The number of sulfonamides is 1. The van der Waals surface area contributed by atoms with E-state index in [0.29, 0.717) is 39.8 Å². The molecule has 4 amide bonds. The minimum atomic E-state index is -4.18. The van der Waals surface area contributed by atoms with Gasteiger partial charge in [0.05, 0.1) is 17.0 Å². The molecule has 1 fully saturated rings. The number of guanidine groups is 1. The first-order valence-corrected chi connectivity index (χ1v) is 22.7. The largest absolute Gasteiger partial charge is 0.487 e. The van der Waals surface area contributed by atoms with Crippen LogP contribution in [0.4, 0.5) is 4.79 Å². The summed E-state index contributed by atoms with van der Waals surface area (Å²) in [6.07, 6.45) is 1.58.